The molecule has 0 radical (unpaired) electrons. The smallest absolute Gasteiger partial charge is 0.0267 e. The Kier molecular flexibility index (Phi) is 12.5. The maximum absolute atomic E-state index is 8.56. The first-order chi connectivity index (χ1) is 4.73. The summed E-state index contributed by atoms with van der Waals surface area (Å²) in [4.78, 5) is 12.3. The predicted molar refractivity (Wildman–Crippen MR) is 42.0 cm³/mol. The van der Waals surface area contributed by atoms with Crippen LogP contribution in [0.4, 0.5) is 4.79 Å². The molecule has 0 amide bonds. The Labute approximate surface area is 107 Å². The molecule has 5 heteroatoms. The van der Waals surface area contributed by atoms with Gasteiger partial charge in [0.25, 0.3) is 0 Å². The SMILES string of the molecule is O=C(O)O.[KH].c1ccncc1. The Bertz CT molecular complexity index is 150. The van der Waals surface area contributed by atoms with E-state index < -0.39 is 6.16 Å². The largest absolute Gasteiger partial charge is 0.265 e. The summed E-state index contributed by atoms with van der Waals surface area (Å²) < 4.78 is 0. The first-order valence-corrected chi connectivity index (χ1v) is 2.50. The molecule has 0 unspecified atom stereocenters. The fourth-order valence-corrected chi connectivity index (χ4v) is 0.313. The summed E-state index contributed by atoms with van der Waals surface area (Å²) in [5.74, 6) is 0. The van der Waals surface area contributed by atoms with Crippen LogP contribution >= 0.6 is 0 Å². The monoisotopic (exact) mass is 181 g/mol. The van der Waals surface area contributed by atoms with Crippen LogP contribution in [0.1, 0.15) is 0 Å². The molecule has 4 nitrogen and oxygen atoms in total. The third kappa shape index (κ3) is 17.8. The second-order valence-corrected chi connectivity index (χ2v) is 1.31. The molecule has 2 N–H and O–H groups in total. The summed E-state index contributed by atoms with van der Waals surface area (Å²) in [6.45, 7) is 0. The van der Waals surface area contributed by atoms with Crippen molar-refractivity contribution >= 4 is 57.5 Å². The first-order valence-electron chi connectivity index (χ1n) is 2.50. The molecule has 1 aromatic heterocycles. The van der Waals surface area contributed by atoms with Gasteiger partial charge in [0.2, 0.25) is 0 Å². The summed E-state index contributed by atoms with van der Waals surface area (Å²) in [5, 5.41) is 13.9. The van der Waals surface area contributed by atoms with Crippen LogP contribution in [-0.2, 0) is 0 Å². The number of hydrogen-bond donors (Lipinski definition) is 2. The standard InChI is InChI=1S/C5H5N.CH2O3.K.H/c1-2-4-6-5-3-1;2-1(3)4;;/h1-5H;(H2,2,3,4);;. The predicted octanol–water partition coefficient (Wildman–Crippen LogP) is 0.656. The summed E-state index contributed by atoms with van der Waals surface area (Å²) in [7, 11) is 0. The van der Waals surface area contributed by atoms with E-state index in [0.29, 0.717) is 0 Å². The molecule has 1 aromatic rings. The minimum absolute atomic E-state index is 0. The van der Waals surface area contributed by atoms with Gasteiger partial charge in [-0.05, 0) is 12.1 Å². The Morgan fingerprint density at radius 1 is 1.09 bits per heavy atom. The number of carbonyl (C=O) groups is 1. The van der Waals surface area contributed by atoms with Gasteiger partial charge in [-0.3, -0.25) is 4.98 Å². The van der Waals surface area contributed by atoms with E-state index in [1.54, 1.807) is 12.4 Å². The van der Waals surface area contributed by atoms with Gasteiger partial charge in [0, 0.05) is 12.4 Å². The molecule has 0 aromatic carbocycles. The van der Waals surface area contributed by atoms with Crippen LogP contribution in [0.2, 0.25) is 0 Å². The van der Waals surface area contributed by atoms with Crippen LogP contribution in [0.25, 0.3) is 0 Å². The van der Waals surface area contributed by atoms with Crippen LogP contribution in [0, 0.1) is 0 Å². The van der Waals surface area contributed by atoms with Gasteiger partial charge in [0.1, 0.15) is 0 Å². The van der Waals surface area contributed by atoms with Crippen LogP contribution in [0.3, 0.4) is 0 Å². The fraction of sp³-hybridized carbons (Fsp3) is 0. The van der Waals surface area contributed by atoms with Crippen molar-refractivity contribution in [3.63, 3.8) is 0 Å². The second kappa shape index (κ2) is 10.1. The molecule has 11 heavy (non-hydrogen) atoms. The summed E-state index contributed by atoms with van der Waals surface area (Å²) >= 11 is 0. The molecule has 0 fully saturated rings. The van der Waals surface area contributed by atoms with Crippen LogP contribution < -0.4 is 0 Å². The molecule has 0 saturated carbocycles. The Balaban J connectivity index is 0. The third-order valence-corrected chi connectivity index (χ3v) is 0.566. The van der Waals surface area contributed by atoms with E-state index in [9.17, 15) is 0 Å². The van der Waals surface area contributed by atoms with Crippen molar-refractivity contribution in [2.75, 3.05) is 0 Å². The van der Waals surface area contributed by atoms with Gasteiger partial charge >= 0.3 is 57.5 Å². The van der Waals surface area contributed by atoms with Gasteiger partial charge in [-0.15, -0.1) is 0 Å². The van der Waals surface area contributed by atoms with Gasteiger partial charge in [0.15, 0.2) is 0 Å². The number of carboxylic acid groups (broad SMARTS) is 2. The normalized spacial score (nSPS) is 6.55. The van der Waals surface area contributed by atoms with Gasteiger partial charge in [-0.25, -0.2) is 4.79 Å². The number of nitrogens with zero attached hydrogens (tertiary/aromatic N) is 1. The molecule has 0 atom stereocenters. The van der Waals surface area contributed by atoms with E-state index in [-0.39, 0.29) is 51.4 Å². The number of hydrogen-bond acceptors (Lipinski definition) is 2. The average Bonchev–Trinajstić information content (AvgIpc) is 1.90. The number of aromatic nitrogens is 1. The van der Waals surface area contributed by atoms with E-state index in [1.807, 2.05) is 18.2 Å². The third-order valence-electron chi connectivity index (χ3n) is 0.566. The van der Waals surface area contributed by atoms with Gasteiger partial charge in [-0.1, -0.05) is 6.07 Å². The van der Waals surface area contributed by atoms with Crippen molar-refractivity contribution in [1.82, 2.24) is 4.98 Å². The quantitative estimate of drug-likeness (QED) is 0.577. The molecule has 0 spiro atoms. The van der Waals surface area contributed by atoms with Crippen molar-refractivity contribution in [1.29, 1.82) is 0 Å². The molecule has 1 rings (SSSR count). The van der Waals surface area contributed by atoms with E-state index in [4.69, 9.17) is 15.0 Å². The minimum Gasteiger partial charge on any atom is -0.265 e. The second-order valence-electron chi connectivity index (χ2n) is 1.31. The number of pyridine rings is 1. The Hall–Kier alpha value is 0.0564. The molecular formula is C6H8KNO3. The van der Waals surface area contributed by atoms with Gasteiger partial charge in [0.05, 0.1) is 0 Å². The van der Waals surface area contributed by atoms with Crippen molar-refractivity contribution in [3.8, 4) is 0 Å². The van der Waals surface area contributed by atoms with E-state index in [1.165, 1.54) is 0 Å². The summed E-state index contributed by atoms with van der Waals surface area (Å²) in [6, 6.07) is 5.72. The molecule has 0 saturated heterocycles. The number of rotatable bonds is 0. The van der Waals surface area contributed by atoms with E-state index in [2.05, 4.69) is 4.98 Å². The van der Waals surface area contributed by atoms with Gasteiger partial charge < -0.3 is 10.2 Å². The van der Waals surface area contributed by atoms with Crippen LogP contribution in [-0.4, -0.2) is 72.7 Å². The van der Waals surface area contributed by atoms with Gasteiger partial charge in [-0.2, -0.15) is 0 Å². The van der Waals surface area contributed by atoms with E-state index >= 15 is 0 Å². The zero-order valence-corrected chi connectivity index (χ0v) is 5.14. The fourth-order valence-electron chi connectivity index (χ4n) is 0.313. The Morgan fingerprint density at radius 2 is 1.45 bits per heavy atom. The Morgan fingerprint density at radius 3 is 1.55 bits per heavy atom. The van der Waals surface area contributed by atoms with Crippen molar-refractivity contribution < 1.29 is 15.0 Å². The molecule has 56 valence electrons. The molecule has 0 aliphatic carbocycles. The van der Waals surface area contributed by atoms with E-state index in [0.717, 1.165) is 0 Å². The summed E-state index contributed by atoms with van der Waals surface area (Å²) in [5.41, 5.74) is 0. The molecule has 0 bridgehead atoms. The summed E-state index contributed by atoms with van der Waals surface area (Å²) in [6.07, 6.45) is 1.67. The zero-order chi connectivity index (χ0) is 7.82. The molecular weight excluding hydrogens is 173 g/mol. The molecule has 1 heterocycles. The molecule has 0 aliphatic heterocycles. The first kappa shape index (κ1) is 13.6. The minimum atomic E-state index is -1.83. The van der Waals surface area contributed by atoms with Crippen LogP contribution in [0.15, 0.2) is 30.6 Å². The van der Waals surface area contributed by atoms with Crippen LogP contribution in [0.5, 0.6) is 0 Å². The van der Waals surface area contributed by atoms with Crippen molar-refractivity contribution in [3.05, 3.63) is 30.6 Å². The zero-order valence-electron chi connectivity index (χ0n) is 5.14. The maximum Gasteiger partial charge on any atom is 0.0267 e. The van der Waals surface area contributed by atoms with Crippen molar-refractivity contribution in [2.45, 2.75) is 0 Å². The molecule has 0 aliphatic rings. The topological polar surface area (TPSA) is 70.4 Å². The maximum atomic E-state index is 8.56. The average molecular weight is 181 g/mol. The van der Waals surface area contributed by atoms with Crippen molar-refractivity contribution in [2.24, 2.45) is 0 Å².